The highest BCUT2D eigenvalue weighted by Gasteiger charge is 2.13. The molecule has 0 bridgehead atoms. The number of rotatable bonds is 6. The molecular formula is C13H17BrN4O2. The molecule has 0 aliphatic carbocycles. The molecule has 0 aliphatic heterocycles. The Morgan fingerprint density at radius 2 is 2.25 bits per heavy atom. The van der Waals surface area contributed by atoms with Gasteiger partial charge >= 0.3 is 0 Å². The van der Waals surface area contributed by atoms with Crippen LogP contribution in [0.25, 0.3) is 0 Å². The van der Waals surface area contributed by atoms with E-state index in [-0.39, 0.29) is 0 Å². The summed E-state index contributed by atoms with van der Waals surface area (Å²) >= 11 is 3.45. The molecule has 1 aromatic carbocycles. The number of aliphatic hydroxyl groups is 1. The van der Waals surface area contributed by atoms with Crippen molar-refractivity contribution in [3.8, 4) is 5.75 Å². The zero-order chi connectivity index (χ0) is 14.5. The molecule has 1 heterocycles. The van der Waals surface area contributed by atoms with E-state index in [1.807, 2.05) is 25.1 Å². The van der Waals surface area contributed by atoms with Crippen LogP contribution in [0.1, 0.15) is 24.7 Å². The van der Waals surface area contributed by atoms with Gasteiger partial charge in [0.2, 0.25) is 0 Å². The van der Waals surface area contributed by atoms with Gasteiger partial charge in [0.1, 0.15) is 5.75 Å². The first-order chi connectivity index (χ1) is 9.63. The number of aliphatic hydroxyl groups excluding tert-OH is 1. The number of tetrazole rings is 1. The molecule has 6 nitrogen and oxygen atoms in total. The first kappa shape index (κ1) is 14.9. The summed E-state index contributed by atoms with van der Waals surface area (Å²) in [5.74, 6) is 1.49. The minimum atomic E-state index is -0.443. The first-order valence-electron chi connectivity index (χ1n) is 6.39. The van der Waals surface area contributed by atoms with Crippen molar-refractivity contribution < 1.29 is 9.84 Å². The lowest BCUT2D eigenvalue weighted by molar-refractivity contribution is 0.143. The Kier molecular flexibility index (Phi) is 5.08. The Morgan fingerprint density at radius 3 is 2.95 bits per heavy atom. The third-order valence-electron chi connectivity index (χ3n) is 3.05. The highest BCUT2D eigenvalue weighted by atomic mass is 79.9. The molecular weight excluding hydrogens is 324 g/mol. The zero-order valence-corrected chi connectivity index (χ0v) is 13.0. The fraction of sp³-hybridized carbons (Fsp3) is 0.462. The summed E-state index contributed by atoms with van der Waals surface area (Å²) in [6.45, 7) is 2.32. The molecule has 0 radical (unpaired) electrons. The average Bonchev–Trinajstić information content (AvgIpc) is 2.86. The second-order valence-electron chi connectivity index (χ2n) is 4.47. The number of benzene rings is 1. The molecule has 2 aromatic rings. The van der Waals surface area contributed by atoms with Crippen LogP contribution in [-0.4, -0.2) is 38.5 Å². The van der Waals surface area contributed by atoms with Crippen LogP contribution in [0, 0.1) is 0 Å². The number of hydrogen-bond donors (Lipinski definition) is 1. The number of ether oxygens (including phenoxy) is 1. The molecule has 0 amide bonds. The van der Waals surface area contributed by atoms with Gasteiger partial charge in [-0.15, -0.1) is 5.10 Å². The van der Waals surface area contributed by atoms with E-state index < -0.39 is 6.10 Å². The van der Waals surface area contributed by atoms with Crippen molar-refractivity contribution in [1.29, 1.82) is 0 Å². The molecule has 1 aromatic heterocycles. The fourth-order valence-corrected chi connectivity index (χ4v) is 2.28. The van der Waals surface area contributed by atoms with Gasteiger partial charge in [0.05, 0.1) is 19.8 Å². The molecule has 2 rings (SSSR count). The van der Waals surface area contributed by atoms with Gasteiger partial charge in [-0.3, -0.25) is 0 Å². The second kappa shape index (κ2) is 6.81. The van der Waals surface area contributed by atoms with Gasteiger partial charge in [-0.1, -0.05) is 22.9 Å². The highest BCUT2D eigenvalue weighted by molar-refractivity contribution is 9.10. The van der Waals surface area contributed by atoms with E-state index in [1.54, 1.807) is 11.8 Å². The van der Waals surface area contributed by atoms with E-state index in [9.17, 15) is 5.11 Å². The molecule has 0 spiro atoms. The van der Waals surface area contributed by atoms with Crippen molar-refractivity contribution in [2.45, 2.75) is 32.4 Å². The van der Waals surface area contributed by atoms with Crippen molar-refractivity contribution in [1.82, 2.24) is 20.2 Å². The van der Waals surface area contributed by atoms with Crippen LogP contribution in [0.5, 0.6) is 5.75 Å². The Morgan fingerprint density at radius 1 is 1.45 bits per heavy atom. The molecule has 0 saturated carbocycles. The normalized spacial score (nSPS) is 12.4. The fourth-order valence-electron chi connectivity index (χ4n) is 1.88. The maximum Gasteiger partial charge on any atom is 0.155 e. The van der Waals surface area contributed by atoms with Crippen LogP contribution >= 0.6 is 15.9 Å². The van der Waals surface area contributed by atoms with Crippen LogP contribution in [0.3, 0.4) is 0 Å². The molecule has 0 fully saturated rings. The van der Waals surface area contributed by atoms with E-state index in [1.165, 1.54) is 0 Å². The summed E-state index contributed by atoms with van der Waals surface area (Å²) in [4.78, 5) is 0. The predicted molar refractivity (Wildman–Crippen MR) is 77.6 cm³/mol. The second-order valence-corrected chi connectivity index (χ2v) is 5.39. The monoisotopic (exact) mass is 340 g/mol. The average molecular weight is 341 g/mol. The number of nitrogens with zero attached hydrogens (tertiary/aromatic N) is 4. The molecule has 20 heavy (non-hydrogen) atoms. The summed E-state index contributed by atoms with van der Waals surface area (Å²) < 4.78 is 7.95. The molecule has 0 aliphatic rings. The van der Waals surface area contributed by atoms with Crippen LogP contribution in [-0.2, 0) is 13.0 Å². The van der Waals surface area contributed by atoms with Gasteiger partial charge in [-0.05, 0) is 35.0 Å². The van der Waals surface area contributed by atoms with Crippen LogP contribution in [0.4, 0.5) is 0 Å². The van der Waals surface area contributed by atoms with E-state index in [0.29, 0.717) is 25.2 Å². The van der Waals surface area contributed by atoms with Gasteiger partial charge in [0.25, 0.3) is 0 Å². The largest absolute Gasteiger partial charge is 0.496 e. The smallest absolute Gasteiger partial charge is 0.155 e. The van der Waals surface area contributed by atoms with E-state index in [0.717, 1.165) is 15.8 Å². The van der Waals surface area contributed by atoms with Gasteiger partial charge < -0.3 is 9.84 Å². The Hall–Kier alpha value is -1.47. The van der Waals surface area contributed by atoms with Crippen molar-refractivity contribution in [2.24, 2.45) is 0 Å². The maximum atomic E-state index is 9.72. The Labute approximate surface area is 125 Å². The molecule has 108 valence electrons. The summed E-state index contributed by atoms with van der Waals surface area (Å²) in [5, 5.41) is 21.3. The zero-order valence-electron chi connectivity index (χ0n) is 11.5. The first-order valence-corrected chi connectivity index (χ1v) is 7.18. The lowest BCUT2D eigenvalue weighted by atomic mass is 10.1. The SMILES string of the molecule is CC[C@H](O)Cn1nnnc1Cc1cc(Br)ccc1OC. The number of methoxy groups -OCH3 is 1. The minimum Gasteiger partial charge on any atom is -0.496 e. The minimum absolute atomic E-state index is 0.398. The summed E-state index contributed by atoms with van der Waals surface area (Å²) in [6, 6.07) is 5.80. The third kappa shape index (κ3) is 3.55. The highest BCUT2D eigenvalue weighted by Crippen LogP contribution is 2.24. The third-order valence-corrected chi connectivity index (χ3v) is 3.55. The topological polar surface area (TPSA) is 73.1 Å². The lowest BCUT2D eigenvalue weighted by Gasteiger charge is -2.11. The van der Waals surface area contributed by atoms with Gasteiger partial charge in [-0.2, -0.15) is 0 Å². The van der Waals surface area contributed by atoms with Crippen molar-refractivity contribution in [2.75, 3.05) is 7.11 Å². The van der Waals surface area contributed by atoms with Crippen LogP contribution in [0.15, 0.2) is 22.7 Å². The molecule has 7 heteroatoms. The molecule has 0 saturated heterocycles. The van der Waals surface area contributed by atoms with Gasteiger partial charge in [0.15, 0.2) is 5.82 Å². The van der Waals surface area contributed by atoms with Gasteiger partial charge in [0, 0.05) is 16.5 Å². The molecule has 1 N–H and O–H groups in total. The van der Waals surface area contributed by atoms with Crippen LogP contribution in [0.2, 0.25) is 0 Å². The van der Waals surface area contributed by atoms with Crippen molar-refractivity contribution in [3.05, 3.63) is 34.1 Å². The molecule has 1 atom stereocenters. The number of aromatic nitrogens is 4. The van der Waals surface area contributed by atoms with Crippen molar-refractivity contribution >= 4 is 15.9 Å². The lowest BCUT2D eigenvalue weighted by Crippen LogP contribution is -2.18. The summed E-state index contributed by atoms with van der Waals surface area (Å²) in [5.41, 5.74) is 0.990. The van der Waals surface area contributed by atoms with Crippen LogP contribution < -0.4 is 4.74 Å². The number of hydrogen-bond acceptors (Lipinski definition) is 5. The summed E-state index contributed by atoms with van der Waals surface area (Å²) in [6.07, 6.45) is 0.771. The Balaban J connectivity index is 2.22. The number of halogens is 1. The van der Waals surface area contributed by atoms with E-state index in [4.69, 9.17) is 4.74 Å². The van der Waals surface area contributed by atoms with E-state index >= 15 is 0 Å². The van der Waals surface area contributed by atoms with Crippen molar-refractivity contribution in [3.63, 3.8) is 0 Å². The standard InChI is InChI=1S/C13H17BrN4O2/c1-3-11(19)8-18-13(15-16-17-18)7-9-6-10(14)4-5-12(9)20-2/h4-6,11,19H,3,7-8H2,1-2H3/t11-/m0/s1. The molecule has 0 unspecified atom stereocenters. The quantitative estimate of drug-likeness (QED) is 0.867. The summed E-state index contributed by atoms with van der Waals surface area (Å²) in [7, 11) is 1.64. The maximum absolute atomic E-state index is 9.72. The Bertz CT molecular complexity index is 573. The van der Waals surface area contributed by atoms with E-state index in [2.05, 4.69) is 31.5 Å². The van der Waals surface area contributed by atoms with Gasteiger partial charge in [-0.25, -0.2) is 4.68 Å². The predicted octanol–water partition coefficient (Wildman–Crippen LogP) is 1.81.